The molecular formula is C32H45N5O2. The number of fused-ring (bicyclic) bond motifs is 1. The Bertz CT molecular complexity index is 1130. The summed E-state index contributed by atoms with van der Waals surface area (Å²) in [7, 11) is 0. The van der Waals surface area contributed by atoms with Crippen molar-refractivity contribution >= 4 is 28.8 Å². The average molecular weight is 532 g/mol. The van der Waals surface area contributed by atoms with Gasteiger partial charge in [0.05, 0.1) is 23.1 Å². The number of hydrogen-bond donors (Lipinski definition) is 2. The lowest BCUT2D eigenvalue weighted by Crippen LogP contribution is -2.45. The van der Waals surface area contributed by atoms with Crippen molar-refractivity contribution in [3.05, 3.63) is 53.6 Å². The van der Waals surface area contributed by atoms with Gasteiger partial charge in [-0.1, -0.05) is 45.2 Å². The number of urea groups is 1. The normalized spacial score (nSPS) is 19.2. The molecule has 0 unspecified atom stereocenters. The lowest BCUT2D eigenvalue weighted by Gasteiger charge is -2.33. The van der Waals surface area contributed by atoms with E-state index >= 15 is 0 Å². The zero-order valence-corrected chi connectivity index (χ0v) is 23.9. The van der Waals surface area contributed by atoms with Gasteiger partial charge >= 0.3 is 6.03 Å². The van der Waals surface area contributed by atoms with Crippen molar-refractivity contribution in [1.82, 2.24) is 10.3 Å². The van der Waals surface area contributed by atoms with E-state index in [1.165, 1.54) is 19.3 Å². The lowest BCUT2D eigenvalue weighted by molar-refractivity contribution is 0.0480. The van der Waals surface area contributed by atoms with Crippen molar-refractivity contribution in [2.24, 2.45) is 11.0 Å². The van der Waals surface area contributed by atoms with Gasteiger partial charge in [-0.05, 0) is 81.5 Å². The average Bonchev–Trinajstić information content (AvgIpc) is 3.08. The summed E-state index contributed by atoms with van der Waals surface area (Å²) in [5.74, 6) is 0.382. The van der Waals surface area contributed by atoms with Gasteiger partial charge in [-0.25, -0.2) is 9.80 Å². The van der Waals surface area contributed by atoms with Gasteiger partial charge in [-0.3, -0.25) is 4.90 Å². The maximum absolute atomic E-state index is 14.4. The zero-order chi connectivity index (χ0) is 27.2. The van der Waals surface area contributed by atoms with Gasteiger partial charge < -0.3 is 15.4 Å². The number of carbonyl (C=O) groups is 1. The second-order valence-corrected chi connectivity index (χ2v) is 11.6. The molecule has 0 aromatic heterocycles. The maximum Gasteiger partial charge on any atom is 0.349 e. The molecule has 0 atom stereocenters. The SMILES string of the molecule is Cc1ccc2c(c1)N(c1ccc(NCCCNC(C)C)cc1)C(=O)N(C1CCOCC1)N=C2C1CCCCC1. The number of nitrogens with one attached hydrogen (secondary N) is 2. The standard InChI is InChI=1S/C32H45N5O2/c1-23(2)33-18-7-19-34-26-11-13-27(14-12-26)36-30-22-24(3)10-15-29(30)31(25-8-5-4-6-9-25)35-37(32(36)38)28-16-20-39-21-17-28/h10-15,22-23,25,28,33-34H,4-9,16-21H2,1-3H3. The minimum atomic E-state index is -0.0694. The largest absolute Gasteiger partial charge is 0.385 e. The fourth-order valence-corrected chi connectivity index (χ4v) is 6.00. The highest BCUT2D eigenvalue weighted by molar-refractivity contribution is 6.14. The first-order valence-corrected chi connectivity index (χ1v) is 15.0. The molecule has 0 spiro atoms. The third kappa shape index (κ3) is 6.64. The molecule has 7 nitrogen and oxygen atoms in total. The molecule has 1 aliphatic carbocycles. The van der Waals surface area contributed by atoms with Crippen LogP contribution in [-0.4, -0.2) is 55.1 Å². The molecule has 210 valence electrons. The predicted octanol–water partition coefficient (Wildman–Crippen LogP) is 6.83. The van der Waals surface area contributed by atoms with Gasteiger partial charge in [0.15, 0.2) is 0 Å². The summed E-state index contributed by atoms with van der Waals surface area (Å²) in [5, 5.41) is 14.0. The molecule has 2 heterocycles. The molecule has 1 saturated carbocycles. The molecule has 2 aromatic carbocycles. The molecule has 5 rings (SSSR count). The van der Waals surface area contributed by atoms with Gasteiger partial charge in [0.2, 0.25) is 0 Å². The lowest BCUT2D eigenvalue weighted by atomic mass is 9.82. The van der Waals surface area contributed by atoms with Gasteiger partial charge in [0.1, 0.15) is 0 Å². The van der Waals surface area contributed by atoms with Crippen molar-refractivity contribution < 1.29 is 9.53 Å². The predicted molar refractivity (Wildman–Crippen MR) is 160 cm³/mol. The number of carbonyl (C=O) groups excluding carboxylic acids is 1. The first-order valence-electron chi connectivity index (χ1n) is 15.0. The summed E-state index contributed by atoms with van der Waals surface area (Å²) in [6.07, 6.45) is 8.68. The van der Waals surface area contributed by atoms with E-state index in [2.05, 4.69) is 73.9 Å². The summed E-state index contributed by atoms with van der Waals surface area (Å²) < 4.78 is 5.65. The molecule has 2 N–H and O–H groups in total. The van der Waals surface area contributed by atoms with Gasteiger partial charge in [0, 0.05) is 43.0 Å². The van der Waals surface area contributed by atoms with E-state index in [0.29, 0.717) is 25.2 Å². The van der Waals surface area contributed by atoms with Crippen LogP contribution in [-0.2, 0) is 4.74 Å². The number of benzene rings is 2. The fourth-order valence-electron chi connectivity index (χ4n) is 6.00. The Labute approximate surface area is 234 Å². The third-order valence-corrected chi connectivity index (χ3v) is 8.16. The topological polar surface area (TPSA) is 69.2 Å². The van der Waals surface area contributed by atoms with Crippen LogP contribution in [0.25, 0.3) is 0 Å². The van der Waals surface area contributed by atoms with Crippen LogP contribution in [0.5, 0.6) is 0 Å². The highest BCUT2D eigenvalue weighted by Gasteiger charge is 2.37. The van der Waals surface area contributed by atoms with E-state index in [1.807, 2.05) is 4.90 Å². The van der Waals surface area contributed by atoms with Crippen molar-refractivity contribution in [2.45, 2.75) is 84.2 Å². The van der Waals surface area contributed by atoms with Crippen molar-refractivity contribution in [3.8, 4) is 0 Å². The van der Waals surface area contributed by atoms with E-state index in [9.17, 15) is 4.79 Å². The number of ether oxygens (including phenoxy) is 1. The van der Waals surface area contributed by atoms with Gasteiger partial charge in [0.25, 0.3) is 0 Å². The zero-order valence-electron chi connectivity index (χ0n) is 23.9. The Hall–Kier alpha value is -2.90. The van der Waals surface area contributed by atoms with E-state index in [-0.39, 0.29) is 12.1 Å². The molecule has 2 fully saturated rings. The van der Waals surface area contributed by atoms with E-state index in [1.54, 1.807) is 5.01 Å². The van der Waals surface area contributed by atoms with E-state index < -0.39 is 0 Å². The highest BCUT2D eigenvalue weighted by atomic mass is 16.5. The molecular weight excluding hydrogens is 486 g/mol. The Morgan fingerprint density at radius 3 is 2.44 bits per heavy atom. The highest BCUT2D eigenvalue weighted by Crippen LogP contribution is 2.39. The number of rotatable bonds is 9. The van der Waals surface area contributed by atoms with E-state index in [0.717, 1.165) is 79.1 Å². The van der Waals surface area contributed by atoms with E-state index in [4.69, 9.17) is 9.84 Å². The van der Waals surface area contributed by atoms with Crippen LogP contribution >= 0.6 is 0 Å². The van der Waals surface area contributed by atoms with Gasteiger partial charge in [-0.2, -0.15) is 5.10 Å². The number of nitrogens with zero attached hydrogens (tertiary/aromatic N) is 3. The second kappa shape index (κ2) is 13.0. The molecule has 39 heavy (non-hydrogen) atoms. The van der Waals surface area contributed by atoms with Crippen LogP contribution in [0.2, 0.25) is 0 Å². The minimum absolute atomic E-state index is 0.0446. The monoisotopic (exact) mass is 531 g/mol. The molecule has 1 saturated heterocycles. The van der Waals surface area contributed by atoms with Crippen LogP contribution in [0, 0.1) is 12.8 Å². The molecule has 0 radical (unpaired) electrons. The van der Waals surface area contributed by atoms with Crippen LogP contribution in [0.4, 0.5) is 21.9 Å². The Morgan fingerprint density at radius 1 is 0.974 bits per heavy atom. The Morgan fingerprint density at radius 2 is 1.72 bits per heavy atom. The number of hydrogen-bond acceptors (Lipinski definition) is 5. The number of amides is 2. The summed E-state index contributed by atoms with van der Waals surface area (Å²) >= 11 is 0. The molecule has 7 heteroatoms. The maximum atomic E-state index is 14.4. The van der Waals surface area contributed by atoms with Crippen molar-refractivity contribution in [1.29, 1.82) is 0 Å². The smallest absolute Gasteiger partial charge is 0.349 e. The van der Waals surface area contributed by atoms with Crippen LogP contribution < -0.4 is 15.5 Å². The number of aryl methyl sites for hydroxylation is 1. The molecule has 0 bridgehead atoms. The summed E-state index contributed by atoms with van der Waals surface area (Å²) in [4.78, 5) is 16.3. The van der Waals surface area contributed by atoms with Crippen LogP contribution in [0.1, 0.15) is 76.3 Å². The third-order valence-electron chi connectivity index (χ3n) is 8.16. The molecule has 2 aliphatic heterocycles. The number of anilines is 3. The van der Waals surface area contributed by atoms with Crippen molar-refractivity contribution in [3.63, 3.8) is 0 Å². The first kappa shape index (κ1) is 27.7. The second-order valence-electron chi connectivity index (χ2n) is 11.6. The first-order chi connectivity index (χ1) is 19.0. The minimum Gasteiger partial charge on any atom is -0.385 e. The molecule has 2 amide bonds. The fraction of sp³-hybridized carbons (Fsp3) is 0.562. The summed E-state index contributed by atoms with van der Waals surface area (Å²) in [5.41, 5.74) is 6.20. The van der Waals surface area contributed by atoms with Crippen LogP contribution in [0.3, 0.4) is 0 Å². The Balaban J connectivity index is 1.47. The summed E-state index contributed by atoms with van der Waals surface area (Å²) in [6, 6.07) is 15.3. The number of hydrazone groups is 1. The molecule has 2 aromatic rings. The van der Waals surface area contributed by atoms with Gasteiger partial charge in [-0.15, -0.1) is 0 Å². The summed E-state index contributed by atoms with van der Waals surface area (Å²) in [6.45, 7) is 9.67. The Kier molecular flexibility index (Phi) is 9.20. The quantitative estimate of drug-likeness (QED) is 0.348. The molecule has 3 aliphatic rings. The van der Waals surface area contributed by atoms with Crippen LogP contribution in [0.15, 0.2) is 47.6 Å². The van der Waals surface area contributed by atoms with Crippen molar-refractivity contribution in [2.75, 3.05) is 36.5 Å².